The van der Waals surface area contributed by atoms with Crippen LogP contribution in [-0.4, -0.2) is 38.1 Å². The highest BCUT2D eigenvalue weighted by atomic mass is 32.2. The van der Waals surface area contributed by atoms with Crippen molar-refractivity contribution >= 4 is 10.0 Å². The first-order chi connectivity index (χ1) is 8.58. The van der Waals surface area contributed by atoms with Gasteiger partial charge in [-0.3, -0.25) is 0 Å². The summed E-state index contributed by atoms with van der Waals surface area (Å²) >= 11 is 0. The van der Waals surface area contributed by atoms with E-state index in [-0.39, 0.29) is 5.75 Å². The van der Waals surface area contributed by atoms with Gasteiger partial charge in [0, 0.05) is 13.1 Å². The maximum Gasteiger partial charge on any atom is 0.214 e. The van der Waals surface area contributed by atoms with Gasteiger partial charge in [-0.25, -0.2) is 8.42 Å². The lowest BCUT2D eigenvalue weighted by Gasteiger charge is -2.15. The average Bonchev–Trinajstić information content (AvgIpc) is 3.01. The van der Waals surface area contributed by atoms with Gasteiger partial charge in [0.05, 0.1) is 18.6 Å². The van der Waals surface area contributed by atoms with Crippen LogP contribution < -0.4 is 5.32 Å². The van der Waals surface area contributed by atoms with E-state index in [9.17, 15) is 8.42 Å². The van der Waals surface area contributed by atoms with Crippen LogP contribution in [0.5, 0.6) is 0 Å². The Morgan fingerprint density at radius 3 is 2.89 bits per heavy atom. The van der Waals surface area contributed by atoms with Crippen LogP contribution in [0.4, 0.5) is 0 Å². The molecular formula is C12H20N2O3S. The van der Waals surface area contributed by atoms with Gasteiger partial charge in [-0.15, -0.1) is 0 Å². The number of hydrogen-bond acceptors (Lipinski definition) is 4. The molecule has 0 amide bonds. The number of furan rings is 1. The van der Waals surface area contributed by atoms with Crippen LogP contribution in [0.15, 0.2) is 22.8 Å². The van der Waals surface area contributed by atoms with Crippen LogP contribution in [0.25, 0.3) is 0 Å². The first-order valence-electron chi connectivity index (χ1n) is 6.28. The third-order valence-electron chi connectivity index (χ3n) is 3.02. The fraction of sp³-hybridized carbons (Fsp3) is 0.667. The summed E-state index contributed by atoms with van der Waals surface area (Å²) in [7, 11) is -1.59. The lowest BCUT2D eigenvalue weighted by Crippen LogP contribution is -2.30. The Morgan fingerprint density at radius 2 is 2.28 bits per heavy atom. The van der Waals surface area contributed by atoms with Crippen LogP contribution in [0, 0.1) is 0 Å². The minimum atomic E-state index is -3.18. The van der Waals surface area contributed by atoms with E-state index in [2.05, 4.69) is 5.32 Å². The maximum atomic E-state index is 12.0. The summed E-state index contributed by atoms with van der Waals surface area (Å²) in [6, 6.07) is 4.17. The molecule has 2 rings (SSSR count). The molecule has 0 aliphatic heterocycles. The zero-order valence-electron chi connectivity index (χ0n) is 10.6. The van der Waals surface area contributed by atoms with Crippen molar-refractivity contribution in [1.82, 2.24) is 9.62 Å². The molecule has 1 N–H and O–H groups in total. The summed E-state index contributed by atoms with van der Waals surface area (Å²) < 4.78 is 30.4. The van der Waals surface area contributed by atoms with Crippen molar-refractivity contribution in [2.75, 3.05) is 19.3 Å². The van der Waals surface area contributed by atoms with E-state index in [0.29, 0.717) is 24.8 Å². The van der Waals surface area contributed by atoms with Gasteiger partial charge in [-0.1, -0.05) is 0 Å². The van der Waals surface area contributed by atoms with Gasteiger partial charge in [-0.2, -0.15) is 4.31 Å². The van der Waals surface area contributed by atoms with Crippen molar-refractivity contribution in [2.45, 2.75) is 31.8 Å². The number of nitrogens with zero attached hydrogens (tertiary/aromatic N) is 1. The summed E-state index contributed by atoms with van der Waals surface area (Å²) in [5, 5.41) is 3.31. The molecule has 102 valence electrons. The smallest absolute Gasteiger partial charge is 0.214 e. The Hall–Kier alpha value is -0.850. The number of sulfonamides is 1. The van der Waals surface area contributed by atoms with Crippen molar-refractivity contribution in [3.8, 4) is 0 Å². The van der Waals surface area contributed by atoms with Gasteiger partial charge < -0.3 is 9.73 Å². The first kappa shape index (κ1) is 13.6. The van der Waals surface area contributed by atoms with E-state index in [1.165, 1.54) is 17.1 Å². The second-order valence-electron chi connectivity index (χ2n) is 4.73. The molecular weight excluding hydrogens is 252 g/mol. The summed E-state index contributed by atoms with van der Waals surface area (Å²) in [5.41, 5.74) is 0. The van der Waals surface area contributed by atoms with Gasteiger partial charge in [-0.05, 0) is 37.9 Å². The predicted molar refractivity (Wildman–Crippen MR) is 69.6 cm³/mol. The number of hydrogen-bond donors (Lipinski definition) is 1. The van der Waals surface area contributed by atoms with Crippen molar-refractivity contribution in [3.05, 3.63) is 24.2 Å². The Balaban J connectivity index is 1.73. The molecule has 1 aromatic rings. The van der Waals surface area contributed by atoms with Gasteiger partial charge in [0.1, 0.15) is 5.76 Å². The van der Waals surface area contributed by atoms with Crippen molar-refractivity contribution < 1.29 is 12.8 Å². The molecule has 0 radical (unpaired) electrons. The molecule has 18 heavy (non-hydrogen) atoms. The Kier molecular flexibility index (Phi) is 4.42. The van der Waals surface area contributed by atoms with Gasteiger partial charge >= 0.3 is 0 Å². The molecule has 1 aliphatic carbocycles. The predicted octanol–water partition coefficient (Wildman–Crippen LogP) is 1.18. The van der Waals surface area contributed by atoms with E-state index in [1.807, 2.05) is 0 Å². The molecule has 5 nitrogen and oxygen atoms in total. The molecule has 1 saturated carbocycles. The first-order valence-corrected chi connectivity index (χ1v) is 7.88. The van der Waals surface area contributed by atoms with E-state index in [0.717, 1.165) is 6.54 Å². The summed E-state index contributed by atoms with van der Waals surface area (Å²) in [6.45, 7) is 1.07. The largest absolute Gasteiger partial charge is 0.468 e. The molecule has 0 aromatic carbocycles. The Bertz CT molecular complexity index is 452. The van der Waals surface area contributed by atoms with Crippen LogP contribution >= 0.6 is 0 Å². The monoisotopic (exact) mass is 272 g/mol. The fourth-order valence-electron chi connectivity index (χ4n) is 1.72. The third-order valence-corrected chi connectivity index (χ3v) is 4.91. The second kappa shape index (κ2) is 5.86. The molecule has 6 heteroatoms. The highest BCUT2D eigenvalue weighted by Gasteiger charge is 2.21. The maximum absolute atomic E-state index is 12.0. The van der Waals surface area contributed by atoms with Gasteiger partial charge in [0.15, 0.2) is 0 Å². The Morgan fingerprint density at radius 1 is 1.50 bits per heavy atom. The van der Waals surface area contributed by atoms with Crippen LogP contribution in [0.3, 0.4) is 0 Å². The second-order valence-corrected chi connectivity index (χ2v) is 6.93. The zero-order chi connectivity index (χ0) is 13.0. The van der Waals surface area contributed by atoms with E-state index >= 15 is 0 Å². The lowest BCUT2D eigenvalue weighted by atomic mass is 10.4. The highest BCUT2D eigenvalue weighted by molar-refractivity contribution is 7.89. The third kappa shape index (κ3) is 4.12. The van der Waals surface area contributed by atoms with E-state index in [4.69, 9.17) is 4.42 Å². The van der Waals surface area contributed by atoms with E-state index in [1.54, 1.807) is 25.4 Å². The molecule has 0 saturated heterocycles. The van der Waals surface area contributed by atoms with Gasteiger partial charge in [0.2, 0.25) is 10.0 Å². The minimum Gasteiger partial charge on any atom is -0.468 e. The van der Waals surface area contributed by atoms with Crippen LogP contribution in [0.2, 0.25) is 0 Å². The van der Waals surface area contributed by atoms with Crippen molar-refractivity contribution in [3.63, 3.8) is 0 Å². The normalized spacial score (nSPS) is 16.3. The Labute approximate surface area is 108 Å². The quantitative estimate of drug-likeness (QED) is 0.722. The molecule has 0 bridgehead atoms. The topological polar surface area (TPSA) is 62.6 Å². The molecule has 0 unspecified atom stereocenters. The van der Waals surface area contributed by atoms with Crippen molar-refractivity contribution in [2.24, 2.45) is 0 Å². The lowest BCUT2D eigenvalue weighted by molar-refractivity contribution is 0.405. The van der Waals surface area contributed by atoms with Gasteiger partial charge in [0.25, 0.3) is 0 Å². The fourth-order valence-corrected chi connectivity index (χ4v) is 2.87. The summed E-state index contributed by atoms with van der Waals surface area (Å²) in [4.78, 5) is 0. The number of rotatable bonds is 8. The standard InChI is InChI=1S/C12H20N2O3S/c1-14(10-12-4-2-8-17-12)18(15,16)9-3-7-13-11-5-6-11/h2,4,8,11,13H,3,5-7,9-10H2,1H3. The minimum absolute atomic E-state index is 0.184. The zero-order valence-corrected chi connectivity index (χ0v) is 11.4. The highest BCUT2D eigenvalue weighted by Crippen LogP contribution is 2.18. The number of nitrogens with one attached hydrogen (secondary N) is 1. The molecule has 1 aliphatic rings. The molecule has 1 heterocycles. The summed E-state index contributed by atoms with van der Waals surface area (Å²) in [5.74, 6) is 0.849. The van der Waals surface area contributed by atoms with Crippen LogP contribution in [0.1, 0.15) is 25.0 Å². The molecule has 0 atom stereocenters. The van der Waals surface area contributed by atoms with Crippen molar-refractivity contribution in [1.29, 1.82) is 0 Å². The van der Waals surface area contributed by atoms with Crippen LogP contribution in [-0.2, 0) is 16.6 Å². The molecule has 1 aromatic heterocycles. The molecule has 1 fully saturated rings. The average molecular weight is 272 g/mol. The summed E-state index contributed by atoms with van der Waals surface area (Å²) in [6.07, 6.45) is 4.66. The molecule has 0 spiro atoms. The van der Waals surface area contributed by atoms with E-state index < -0.39 is 10.0 Å². The SMILES string of the molecule is CN(Cc1ccco1)S(=O)(=O)CCCNC1CC1.